The molecule has 0 aromatic heterocycles. The normalized spacial score (nSPS) is 43.6. The Labute approximate surface area is 103 Å². The summed E-state index contributed by atoms with van der Waals surface area (Å²) < 4.78 is 5.98. The van der Waals surface area contributed by atoms with Crippen LogP contribution in [0.4, 0.5) is 0 Å². The first-order valence-electron chi connectivity index (χ1n) is 5.34. The molecule has 0 radical (unpaired) electrons. The van der Waals surface area contributed by atoms with E-state index in [-0.39, 0.29) is 16.3 Å². The van der Waals surface area contributed by atoms with Crippen LogP contribution in [-0.2, 0) is 4.74 Å². The molecule has 3 rings (SSSR count). The second kappa shape index (κ2) is 3.50. The van der Waals surface area contributed by atoms with Gasteiger partial charge in [-0.1, -0.05) is 15.9 Å². The molecule has 1 saturated carbocycles. The van der Waals surface area contributed by atoms with Crippen LogP contribution >= 0.6 is 15.9 Å². The van der Waals surface area contributed by atoms with Gasteiger partial charge in [-0.15, -0.1) is 0 Å². The number of hydrazone groups is 1. The lowest BCUT2D eigenvalue weighted by Crippen LogP contribution is -2.64. The maximum Gasteiger partial charge on any atom is 0.190 e. The van der Waals surface area contributed by atoms with Crippen LogP contribution in [0.25, 0.3) is 0 Å². The van der Waals surface area contributed by atoms with E-state index in [2.05, 4.69) is 21.0 Å². The van der Waals surface area contributed by atoms with Gasteiger partial charge < -0.3 is 4.74 Å². The first-order valence-corrected chi connectivity index (χ1v) is 6.25. The largest absolute Gasteiger partial charge is 0.363 e. The molecule has 0 aromatic rings. The van der Waals surface area contributed by atoms with Gasteiger partial charge in [0.2, 0.25) is 0 Å². The molecule has 0 N–H and O–H groups in total. The van der Waals surface area contributed by atoms with Crippen molar-refractivity contribution in [1.29, 1.82) is 0 Å². The van der Waals surface area contributed by atoms with Crippen LogP contribution in [0.5, 0.6) is 0 Å². The second-order valence-electron chi connectivity index (χ2n) is 5.21. The molecule has 5 nitrogen and oxygen atoms in total. The summed E-state index contributed by atoms with van der Waals surface area (Å²) in [4.78, 5) is 10.5. The minimum Gasteiger partial charge on any atom is -0.363 e. The molecule has 2 bridgehead atoms. The minimum absolute atomic E-state index is 0.0552. The van der Waals surface area contributed by atoms with E-state index in [0.29, 0.717) is 5.71 Å². The van der Waals surface area contributed by atoms with Gasteiger partial charge in [0.05, 0.1) is 15.5 Å². The molecule has 90 valence electrons. The summed E-state index contributed by atoms with van der Waals surface area (Å²) in [5.74, 6) is 0.244. The highest BCUT2D eigenvalue weighted by Crippen LogP contribution is 2.50. The first kappa shape index (κ1) is 12.0. The van der Waals surface area contributed by atoms with E-state index < -0.39 is 10.6 Å². The quantitative estimate of drug-likeness (QED) is 0.423. The molecule has 2 saturated heterocycles. The van der Waals surface area contributed by atoms with E-state index >= 15 is 0 Å². The predicted octanol–water partition coefficient (Wildman–Crippen LogP) is 2.36. The Hall–Kier alpha value is -0.490. The van der Waals surface area contributed by atoms with Crippen LogP contribution in [0.2, 0.25) is 0 Å². The van der Waals surface area contributed by atoms with Crippen molar-refractivity contribution in [1.82, 2.24) is 0 Å². The van der Waals surface area contributed by atoms with Gasteiger partial charge in [-0.05, 0) is 33.6 Å². The van der Waals surface area contributed by atoms with Crippen LogP contribution in [0.3, 0.4) is 0 Å². The Bertz CT molecular complexity index is 369. The van der Waals surface area contributed by atoms with Gasteiger partial charge in [0, 0.05) is 5.92 Å². The van der Waals surface area contributed by atoms with Crippen LogP contribution in [0, 0.1) is 16.0 Å². The Morgan fingerprint density at radius 2 is 2.19 bits per heavy atom. The SMILES string of the molecule is CC12CCC(C(Br)/C1=N\[N+](=O)[O-])C(C)(C)O2. The molecule has 3 unspecified atom stereocenters. The van der Waals surface area contributed by atoms with Crippen molar-refractivity contribution in [3.63, 3.8) is 0 Å². The monoisotopic (exact) mass is 290 g/mol. The molecule has 3 aliphatic rings. The van der Waals surface area contributed by atoms with Gasteiger partial charge in [-0.3, -0.25) is 0 Å². The molecule has 0 spiro atoms. The van der Waals surface area contributed by atoms with Crippen LogP contribution < -0.4 is 0 Å². The minimum atomic E-state index is -0.633. The molecule has 0 aromatic carbocycles. The third-order valence-corrected chi connectivity index (χ3v) is 4.73. The highest BCUT2D eigenvalue weighted by atomic mass is 79.9. The van der Waals surface area contributed by atoms with Crippen LogP contribution in [0.15, 0.2) is 5.10 Å². The Balaban J connectivity index is 2.43. The molecule has 16 heavy (non-hydrogen) atoms. The number of ether oxygens (including phenoxy) is 1. The van der Waals surface area contributed by atoms with Crippen molar-refractivity contribution in [2.24, 2.45) is 11.0 Å². The Kier molecular flexibility index (Phi) is 2.62. The van der Waals surface area contributed by atoms with Crippen molar-refractivity contribution in [3.05, 3.63) is 10.1 Å². The molecular weight excluding hydrogens is 276 g/mol. The number of alkyl halides is 1. The van der Waals surface area contributed by atoms with Crippen molar-refractivity contribution in [3.8, 4) is 0 Å². The average Bonchev–Trinajstić information content (AvgIpc) is 2.09. The zero-order valence-electron chi connectivity index (χ0n) is 9.57. The number of nitro groups is 1. The number of hydrogen-bond donors (Lipinski definition) is 0. The lowest BCUT2D eigenvalue weighted by molar-refractivity contribution is -0.486. The molecule has 3 atom stereocenters. The number of halogens is 1. The smallest absolute Gasteiger partial charge is 0.190 e. The van der Waals surface area contributed by atoms with E-state index in [1.54, 1.807) is 0 Å². The molecular formula is C10H15BrN2O3. The third kappa shape index (κ3) is 1.68. The molecule has 6 heteroatoms. The van der Waals surface area contributed by atoms with Gasteiger partial charge in [-0.2, -0.15) is 0 Å². The van der Waals surface area contributed by atoms with Gasteiger partial charge in [0.25, 0.3) is 0 Å². The van der Waals surface area contributed by atoms with Gasteiger partial charge >= 0.3 is 0 Å². The molecule has 2 aliphatic heterocycles. The predicted molar refractivity (Wildman–Crippen MR) is 63.4 cm³/mol. The lowest BCUT2D eigenvalue weighted by Gasteiger charge is -2.55. The summed E-state index contributed by atoms with van der Waals surface area (Å²) in [6.07, 6.45) is 1.81. The van der Waals surface area contributed by atoms with E-state index in [1.165, 1.54) is 0 Å². The number of nitrogens with zero attached hydrogens (tertiary/aromatic N) is 2. The van der Waals surface area contributed by atoms with E-state index in [4.69, 9.17) is 4.74 Å². The summed E-state index contributed by atoms with van der Waals surface area (Å²) in [7, 11) is 0. The first-order chi connectivity index (χ1) is 7.26. The van der Waals surface area contributed by atoms with E-state index in [0.717, 1.165) is 12.8 Å². The zero-order valence-corrected chi connectivity index (χ0v) is 11.2. The van der Waals surface area contributed by atoms with Crippen molar-refractivity contribution >= 4 is 21.6 Å². The molecule has 0 amide bonds. The van der Waals surface area contributed by atoms with E-state index in [1.807, 2.05) is 20.8 Å². The fourth-order valence-electron chi connectivity index (χ4n) is 2.90. The zero-order chi connectivity index (χ0) is 12.1. The maximum atomic E-state index is 10.5. The molecule has 1 aliphatic carbocycles. The fraction of sp³-hybridized carbons (Fsp3) is 0.900. The fourth-order valence-corrected chi connectivity index (χ4v) is 4.37. The summed E-state index contributed by atoms with van der Waals surface area (Å²) in [6.45, 7) is 5.96. The summed E-state index contributed by atoms with van der Waals surface area (Å²) >= 11 is 3.54. The van der Waals surface area contributed by atoms with Crippen molar-refractivity contribution < 1.29 is 9.77 Å². The number of fused-ring (bicyclic) bond motifs is 3. The van der Waals surface area contributed by atoms with Crippen molar-refractivity contribution in [2.45, 2.75) is 49.6 Å². The topological polar surface area (TPSA) is 64.7 Å². The highest BCUT2D eigenvalue weighted by Gasteiger charge is 2.58. The van der Waals surface area contributed by atoms with Gasteiger partial charge in [-0.25, -0.2) is 10.1 Å². The Morgan fingerprint density at radius 1 is 1.56 bits per heavy atom. The summed E-state index contributed by atoms with van der Waals surface area (Å²) in [5.41, 5.74) is -0.330. The summed E-state index contributed by atoms with van der Waals surface area (Å²) in [5, 5.41) is 13.4. The van der Waals surface area contributed by atoms with Crippen LogP contribution in [0.1, 0.15) is 33.6 Å². The Morgan fingerprint density at radius 3 is 2.62 bits per heavy atom. The van der Waals surface area contributed by atoms with Crippen molar-refractivity contribution in [2.75, 3.05) is 0 Å². The molecule has 2 heterocycles. The standard InChI is InChI=1S/C10H15BrN2O3/c1-9(2)6-4-5-10(3,16-9)8(7(6)11)12-13(14)15/h6-7H,4-5H2,1-3H3/b12-8+. The van der Waals surface area contributed by atoms with E-state index in [9.17, 15) is 10.1 Å². The average molecular weight is 291 g/mol. The number of hydrogen-bond acceptors (Lipinski definition) is 3. The summed E-state index contributed by atoms with van der Waals surface area (Å²) in [6, 6.07) is 0. The highest BCUT2D eigenvalue weighted by molar-refractivity contribution is 9.10. The van der Waals surface area contributed by atoms with Gasteiger partial charge in [0.1, 0.15) is 11.3 Å². The van der Waals surface area contributed by atoms with Crippen LogP contribution in [-0.4, -0.2) is 26.8 Å². The number of rotatable bonds is 1. The third-order valence-electron chi connectivity index (χ3n) is 3.66. The molecule has 3 fully saturated rings. The maximum absolute atomic E-state index is 10.5. The van der Waals surface area contributed by atoms with Gasteiger partial charge in [0.15, 0.2) is 5.03 Å². The lowest BCUT2D eigenvalue weighted by atomic mass is 9.67. The second-order valence-corrected chi connectivity index (χ2v) is 6.19.